The fourth-order valence-corrected chi connectivity index (χ4v) is 3.28. The maximum Gasteiger partial charge on any atom is 0.233 e. The smallest absolute Gasteiger partial charge is 0.233 e. The molecule has 0 saturated carbocycles. The molecule has 24 heavy (non-hydrogen) atoms. The van der Waals surface area contributed by atoms with Crippen molar-refractivity contribution in [1.29, 1.82) is 0 Å². The first-order valence-electron chi connectivity index (χ1n) is 7.89. The van der Waals surface area contributed by atoms with Gasteiger partial charge in [0.1, 0.15) is 0 Å². The number of amides is 1. The van der Waals surface area contributed by atoms with Crippen molar-refractivity contribution in [2.45, 2.75) is 12.0 Å². The van der Waals surface area contributed by atoms with Crippen molar-refractivity contribution in [2.75, 3.05) is 20.8 Å². The molecule has 0 N–H and O–H groups in total. The molecule has 124 valence electrons. The number of benzene rings is 2. The quantitative estimate of drug-likeness (QED) is 0.603. The summed E-state index contributed by atoms with van der Waals surface area (Å²) < 4.78 is 10.7. The normalized spacial score (nSPS) is 19.6. The molecule has 3 rings (SSSR count). The zero-order chi connectivity index (χ0) is 17.1. The summed E-state index contributed by atoms with van der Waals surface area (Å²) in [6.45, 7) is 4.31. The third kappa shape index (κ3) is 2.64. The highest BCUT2D eigenvalue weighted by molar-refractivity contribution is 5.92. The zero-order valence-corrected chi connectivity index (χ0v) is 13.9. The lowest BCUT2D eigenvalue weighted by atomic mass is 9.77. The van der Waals surface area contributed by atoms with Crippen molar-refractivity contribution in [1.82, 2.24) is 4.90 Å². The van der Waals surface area contributed by atoms with Gasteiger partial charge >= 0.3 is 0 Å². The van der Waals surface area contributed by atoms with Gasteiger partial charge in [0.25, 0.3) is 0 Å². The second-order valence-electron chi connectivity index (χ2n) is 5.73. The van der Waals surface area contributed by atoms with Crippen molar-refractivity contribution in [2.24, 2.45) is 0 Å². The van der Waals surface area contributed by atoms with E-state index in [1.165, 1.54) is 0 Å². The van der Waals surface area contributed by atoms with Crippen LogP contribution in [0.1, 0.15) is 23.1 Å². The minimum atomic E-state index is -0.216. The average Bonchev–Trinajstić information content (AvgIpc) is 2.64. The number of likely N-dealkylation sites (tertiary alicyclic amines) is 1. The van der Waals surface area contributed by atoms with Crippen molar-refractivity contribution >= 4 is 5.91 Å². The van der Waals surface area contributed by atoms with E-state index in [0.29, 0.717) is 18.0 Å². The molecular weight excluding hydrogens is 302 g/mol. The molecule has 2 atom stereocenters. The van der Waals surface area contributed by atoms with Gasteiger partial charge in [-0.2, -0.15) is 0 Å². The van der Waals surface area contributed by atoms with Gasteiger partial charge in [-0.3, -0.25) is 4.79 Å². The third-order valence-corrected chi connectivity index (χ3v) is 4.43. The van der Waals surface area contributed by atoms with Gasteiger partial charge in [-0.1, -0.05) is 42.5 Å². The van der Waals surface area contributed by atoms with Gasteiger partial charge in [0, 0.05) is 6.54 Å². The fourth-order valence-electron chi connectivity index (χ4n) is 3.28. The monoisotopic (exact) mass is 323 g/mol. The highest BCUT2D eigenvalue weighted by Gasteiger charge is 2.48. The van der Waals surface area contributed by atoms with E-state index in [1.54, 1.807) is 20.3 Å². The standard InChI is InChI=1S/C20H21NO3/c1-4-12-21-19(14-8-6-5-7-9-14)18(20(21)22)15-10-11-16(23-2)17(13-15)24-3/h4-11,13,18-19H,1,12H2,2-3H3/t18-,19-/m0/s1. The molecule has 0 spiro atoms. The number of hydrogen-bond acceptors (Lipinski definition) is 3. The summed E-state index contributed by atoms with van der Waals surface area (Å²) in [5, 5.41) is 0. The van der Waals surface area contributed by atoms with Crippen LogP contribution in [0, 0.1) is 0 Å². The molecule has 4 heteroatoms. The molecule has 2 aromatic carbocycles. The van der Waals surface area contributed by atoms with Crippen molar-refractivity contribution in [3.05, 3.63) is 72.3 Å². The van der Waals surface area contributed by atoms with E-state index in [-0.39, 0.29) is 17.9 Å². The molecule has 0 aromatic heterocycles. The van der Waals surface area contributed by atoms with Gasteiger partial charge in [0.15, 0.2) is 11.5 Å². The Morgan fingerprint density at radius 2 is 1.75 bits per heavy atom. The van der Waals surface area contributed by atoms with Crippen LogP contribution in [-0.4, -0.2) is 31.6 Å². The molecule has 1 amide bonds. The van der Waals surface area contributed by atoms with Crippen LogP contribution in [0.2, 0.25) is 0 Å². The Hall–Kier alpha value is -2.75. The first-order valence-corrected chi connectivity index (χ1v) is 7.89. The Morgan fingerprint density at radius 3 is 2.38 bits per heavy atom. The van der Waals surface area contributed by atoms with Gasteiger partial charge in [-0.15, -0.1) is 6.58 Å². The van der Waals surface area contributed by atoms with Gasteiger partial charge in [-0.05, 0) is 23.3 Å². The molecule has 1 aliphatic rings. The Balaban J connectivity index is 1.99. The predicted octanol–water partition coefficient (Wildman–Crippen LogP) is 3.56. The number of carbonyl (C=O) groups excluding carboxylic acids is 1. The van der Waals surface area contributed by atoms with Crippen LogP contribution in [-0.2, 0) is 4.79 Å². The average molecular weight is 323 g/mol. The molecular formula is C20H21NO3. The molecule has 2 aromatic rings. The number of rotatable bonds is 6. The van der Waals surface area contributed by atoms with Crippen molar-refractivity contribution < 1.29 is 14.3 Å². The fraction of sp³-hybridized carbons (Fsp3) is 0.250. The van der Waals surface area contributed by atoms with Crippen LogP contribution >= 0.6 is 0 Å². The van der Waals surface area contributed by atoms with E-state index in [9.17, 15) is 4.79 Å². The largest absolute Gasteiger partial charge is 0.493 e. The summed E-state index contributed by atoms with van der Waals surface area (Å²) in [4.78, 5) is 14.5. The minimum absolute atomic E-state index is 0.00908. The lowest BCUT2D eigenvalue weighted by Crippen LogP contribution is -2.53. The molecule has 4 nitrogen and oxygen atoms in total. The van der Waals surface area contributed by atoms with Gasteiger partial charge in [-0.25, -0.2) is 0 Å². The molecule has 0 aliphatic carbocycles. The van der Waals surface area contributed by atoms with E-state index in [2.05, 4.69) is 18.7 Å². The maximum atomic E-state index is 12.7. The SMILES string of the molecule is C=CCN1C(=O)[C@@H](c2ccc(OC)c(OC)c2)[C@@H]1c1ccccc1. The van der Waals surface area contributed by atoms with E-state index < -0.39 is 0 Å². The Labute approximate surface area is 142 Å². The minimum Gasteiger partial charge on any atom is -0.493 e. The molecule has 0 radical (unpaired) electrons. The second-order valence-corrected chi connectivity index (χ2v) is 5.73. The number of nitrogens with zero attached hydrogens (tertiary/aromatic N) is 1. The number of hydrogen-bond donors (Lipinski definition) is 0. The maximum absolute atomic E-state index is 12.7. The van der Waals surface area contributed by atoms with Crippen LogP contribution < -0.4 is 9.47 Å². The summed E-state index contributed by atoms with van der Waals surface area (Å²) >= 11 is 0. The summed E-state index contributed by atoms with van der Waals surface area (Å²) in [5.74, 6) is 1.19. The molecule has 0 unspecified atom stereocenters. The topological polar surface area (TPSA) is 38.8 Å². The molecule has 1 saturated heterocycles. The highest BCUT2D eigenvalue weighted by atomic mass is 16.5. The van der Waals surface area contributed by atoms with Crippen molar-refractivity contribution in [3.8, 4) is 11.5 Å². The Kier molecular flexibility index (Phi) is 4.56. The lowest BCUT2D eigenvalue weighted by molar-refractivity contribution is -0.149. The van der Waals surface area contributed by atoms with E-state index in [4.69, 9.17) is 9.47 Å². The number of methoxy groups -OCH3 is 2. The third-order valence-electron chi connectivity index (χ3n) is 4.43. The summed E-state index contributed by atoms with van der Waals surface area (Å²) in [6, 6.07) is 15.8. The van der Waals surface area contributed by atoms with Crippen LogP contribution in [0.15, 0.2) is 61.2 Å². The molecule has 1 aliphatic heterocycles. The predicted molar refractivity (Wildman–Crippen MR) is 93.4 cm³/mol. The van der Waals surface area contributed by atoms with Gasteiger partial charge < -0.3 is 14.4 Å². The van der Waals surface area contributed by atoms with Crippen LogP contribution in [0.3, 0.4) is 0 Å². The molecule has 1 fully saturated rings. The van der Waals surface area contributed by atoms with Gasteiger partial charge in [0.2, 0.25) is 5.91 Å². The number of ether oxygens (including phenoxy) is 2. The van der Waals surface area contributed by atoms with E-state index >= 15 is 0 Å². The first kappa shape index (κ1) is 16.1. The van der Waals surface area contributed by atoms with Gasteiger partial charge in [0.05, 0.1) is 26.2 Å². The number of β-lactam (4-membered cyclic amide) rings is 1. The Bertz CT molecular complexity index is 742. The van der Waals surface area contributed by atoms with Crippen LogP contribution in [0.5, 0.6) is 11.5 Å². The molecule has 0 bridgehead atoms. The summed E-state index contributed by atoms with van der Waals surface area (Å²) in [7, 11) is 3.20. The Morgan fingerprint density at radius 1 is 1.04 bits per heavy atom. The van der Waals surface area contributed by atoms with E-state index in [0.717, 1.165) is 11.1 Å². The van der Waals surface area contributed by atoms with Crippen LogP contribution in [0.25, 0.3) is 0 Å². The highest BCUT2D eigenvalue weighted by Crippen LogP contribution is 2.47. The summed E-state index contributed by atoms with van der Waals surface area (Å²) in [6.07, 6.45) is 1.76. The summed E-state index contributed by atoms with van der Waals surface area (Å²) in [5.41, 5.74) is 2.06. The lowest BCUT2D eigenvalue weighted by Gasteiger charge is -2.47. The van der Waals surface area contributed by atoms with Crippen LogP contribution in [0.4, 0.5) is 0 Å². The first-order chi connectivity index (χ1) is 11.7. The van der Waals surface area contributed by atoms with E-state index in [1.807, 2.05) is 41.3 Å². The molecule has 1 heterocycles. The number of carbonyl (C=O) groups is 1. The second kappa shape index (κ2) is 6.79. The zero-order valence-electron chi connectivity index (χ0n) is 13.9. The van der Waals surface area contributed by atoms with Crippen molar-refractivity contribution in [3.63, 3.8) is 0 Å².